The average molecular weight is 687 g/mol. The van der Waals surface area contributed by atoms with Crippen molar-refractivity contribution < 1.29 is 59.7 Å². The number of alkyl halides is 3. The number of nitrogens with one attached hydrogen (secondary N) is 1. The van der Waals surface area contributed by atoms with Crippen LogP contribution in [0.5, 0.6) is 11.5 Å². The monoisotopic (exact) mass is 686 g/mol. The van der Waals surface area contributed by atoms with E-state index < -0.39 is 41.4 Å². The molecule has 8 N–H and O–H groups in total. The number of rotatable bonds is 12. The molecule has 3 rings (SSSR count). The number of nitrogens with zero attached hydrogens (tertiary/aromatic N) is 1. The number of thiophene rings is 1. The Kier molecular flexibility index (Phi) is 12.6. The predicted molar refractivity (Wildman–Crippen MR) is 150 cm³/mol. The minimum atomic E-state index is -5.16. The first-order chi connectivity index (χ1) is 20.4. The average Bonchev–Trinajstić information content (AvgIpc) is 3.31. The van der Waals surface area contributed by atoms with Gasteiger partial charge >= 0.3 is 19.7 Å². The molecule has 44 heavy (non-hydrogen) atoms. The summed E-state index contributed by atoms with van der Waals surface area (Å²) < 4.78 is 98.8. The van der Waals surface area contributed by atoms with E-state index in [9.17, 15) is 40.3 Å². The number of carboxylic acid groups (broad SMARTS) is 1. The standard InChI is InChI=1S/C22H26FN4O7PS2.C2HF3O2/c1-2-15-16-10-18(33-7-5-24)19(34-8-6-25)11-20(16)36-22(15)37(31,32)27-21(35(28,29)30)13-3-4-14(12-26)17(23)9-13;3-2(4,5)1(6)7/h3-4,9-11,21,27H,2,5-8,24-25H2,1H3,(H2,28,29,30);(H,6,7). The fourth-order valence-electron chi connectivity index (χ4n) is 3.57. The molecule has 0 fully saturated rings. The number of hydrogen-bond acceptors (Lipinski definition) is 10. The third kappa shape index (κ3) is 9.33. The Morgan fingerprint density at radius 1 is 1.14 bits per heavy atom. The zero-order valence-electron chi connectivity index (χ0n) is 22.7. The van der Waals surface area contributed by atoms with Gasteiger partial charge in [0.05, 0.1) is 5.56 Å². The molecule has 0 spiro atoms. The minimum absolute atomic E-state index is 0.168. The van der Waals surface area contributed by atoms with Gasteiger partial charge in [-0.25, -0.2) is 17.6 Å². The van der Waals surface area contributed by atoms with Crippen LogP contribution in [0.25, 0.3) is 10.1 Å². The highest BCUT2D eigenvalue weighted by atomic mass is 32.2. The van der Waals surface area contributed by atoms with Crippen LogP contribution in [-0.4, -0.2) is 61.8 Å². The molecule has 1 unspecified atom stereocenters. The van der Waals surface area contributed by atoms with Gasteiger partial charge in [-0.3, -0.25) is 4.57 Å². The number of sulfonamides is 1. The smallest absolute Gasteiger partial charge is 0.488 e. The van der Waals surface area contributed by atoms with Crippen LogP contribution in [0.4, 0.5) is 17.6 Å². The van der Waals surface area contributed by atoms with E-state index in [1.807, 2.05) is 4.72 Å². The first kappa shape index (κ1) is 36.8. The lowest BCUT2D eigenvalue weighted by Gasteiger charge is -2.20. The highest BCUT2D eigenvalue weighted by Crippen LogP contribution is 2.51. The highest BCUT2D eigenvalue weighted by Gasteiger charge is 2.38. The van der Waals surface area contributed by atoms with Crippen molar-refractivity contribution in [1.29, 1.82) is 5.26 Å². The molecule has 0 amide bonds. The summed E-state index contributed by atoms with van der Waals surface area (Å²) in [6.07, 6.45) is -4.82. The fraction of sp³-hybridized carbons (Fsp3) is 0.333. The Hall–Kier alpha value is -3.34. The second kappa shape index (κ2) is 15.1. The SMILES string of the molecule is CCc1c(S(=O)(=O)NC(c2ccc(C#N)c(F)c2)P(=O)(O)O)sc2cc(OCCN)c(OCCN)cc12.O=C(O)C(F)(F)F. The van der Waals surface area contributed by atoms with Crippen LogP contribution in [0.3, 0.4) is 0 Å². The molecule has 1 atom stereocenters. The Balaban J connectivity index is 0.000000860. The van der Waals surface area contributed by atoms with E-state index >= 15 is 0 Å². The maximum absolute atomic E-state index is 14.2. The number of nitrogens with two attached hydrogens (primary N) is 2. The van der Waals surface area contributed by atoms with E-state index in [1.54, 1.807) is 25.1 Å². The van der Waals surface area contributed by atoms with Crippen molar-refractivity contribution in [2.24, 2.45) is 11.5 Å². The van der Waals surface area contributed by atoms with Crippen LogP contribution in [-0.2, 0) is 25.8 Å². The zero-order chi connectivity index (χ0) is 33.5. The molecule has 0 saturated carbocycles. The normalized spacial score (nSPS) is 12.6. The van der Waals surface area contributed by atoms with Crippen molar-refractivity contribution in [1.82, 2.24) is 4.72 Å². The molecular weight excluding hydrogens is 659 g/mol. The summed E-state index contributed by atoms with van der Waals surface area (Å²) in [6, 6.07) is 7.66. The Bertz CT molecular complexity index is 1690. The Labute approximate surface area is 252 Å². The van der Waals surface area contributed by atoms with Crippen molar-refractivity contribution >= 4 is 45.0 Å². The number of benzene rings is 2. The largest absolute Gasteiger partial charge is 0.490 e. The van der Waals surface area contributed by atoms with E-state index in [-0.39, 0.29) is 48.1 Å². The van der Waals surface area contributed by atoms with Crippen LogP contribution in [0.2, 0.25) is 0 Å². The molecular formula is C24H27F4N4O9PS2. The molecule has 0 aliphatic carbocycles. The lowest BCUT2D eigenvalue weighted by Crippen LogP contribution is -2.29. The molecule has 0 aliphatic rings. The van der Waals surface area contributed by atoms with Gasteiger partial charge in [-0.15, -0.1) is 11.3 Å². The molecule has 0 bridgehead atoms. The summed E-state index contributed by atoms with van der Waals surface area (Å²) in [4.78, 5) is 28.7. The molecule has 242 valence electrons. The minimum Gasteiger partial charge on any atom is -0.488 e. The molecule has 2 aromatic carbocycles. The number of aryl methyl sites for hydroxylation is 1. The first-order valence-electron chi connectivity index (χ1n) is 12.2. The van der Waals surface area contributed by atoms with Gasteiger partial charge in [-0.2, -0.15) is 23.2 Å². The summed E-state index contributed by atoms with van der Waals surface area (Å²) in [5.41, 5.74) is 10.8. The van der Waals surface area contributed by atoms with Crippen LogP contribution >= 0.6 is 18.9 Å². The lowest BCUT2D eigenvalue weighted by molar-refractivity contribution is -0.192. The van der Waals surface area contributed by atoms with Gasteiger partial charge in [0.2, 0.25) is 0 Å². The van der Waals surface area contributed by atoms with E-state index in [1.165, 1.54) is 0 Å². The molecule has 1 heterocycles. The van der Waals surface area contributed by atoms with E-state index in [2.05, 4.69) is 0 Å². The Morgan fingerprint density at radius 3 is 2.11 bits per heavy atom. The fourth-order valence-corrected chi connectivity index (χ4v) is 8.09. The van der Waals surface area contributed by atoms with Gasteiger partial charge in [0.25, 0.3) is 10.0 Å². The number of aliphatic carboxylic acids is 1. The second-order valence-corrected chi connectivity index (χ2v) is 13.2. The Morgan fingerprint density at radius 2 is 1.68 bits per heavy atom. The molecule has 20 heteroatoms. The van der Waals surface area contributed by atoms with Gasteiger partial charge < -0.3 is 35.8 Å². The van der Waals surface area contributed by atoms with Crippen molar-refractivity contribution in [2.45, 2.75) is 29.5 Å². The maximum Gasteiger partial charge on any atom is 0.490 e. The summed E-state index contributed by atoms with van der Waals surface area (Å²) in [5, 5.41) is 16.6. The van der Waals surface area contributed by atoms with E-state index in [0.717, 1.165) is 29.5 Å². The predicted octanol–water partition coefficient (Wildman–Crippen LogP) is 2.94. The van der Waals surface area contributed by atoms with Crippen molar-refractivity contribution in [3.8, 4) is 17.6 Å². The van der Waals surface area contributed by atoms with Crippen LogP contribution < -0.4 is 25.7 Å². The van der Waals surface area contributed by atoms with Gasteiger partial charge in [0.1, 0.15) is 35.1 Å². The van der Waals surface area contributed by atoms with Crippen LogP contribution in [0.1, 0.15) is 29.4 Å². The molecule has 0 aliphatic heterocycles. The zero-order valence-corrected chi connectivity index (χ0v) is 25.2. The number of halogens is 4. The number of carbonyl (C=O) groups is 1. The molecule has 13 nitrogen and oxygen atoms in total. The van der Waals surface area contributed by atoms with Crippen molar-refractivity contribution in [2.75, 3.05) is 26.3 Å². The maximum atomic E-state index is 14.2. The van der Waals surface area contributed by atoms with Crippen molar-refractivity contribution in [3.05, 3.63) is 52.8 Å². The number of nitriles is 1. The van der Waals surface area contributed by atoms with E-state index in [4.69, 9.17) is 36.1 Å². The summed E-state index contributed by atoms with van der Waals surface area (Å²) in [7, 11) is -9.67. The van der Waals surface area contributed by atoms with E-state index in [0.29, 0.717) is 27.1 Å². The topological polar surface area (TPSA) is 235 Å². The first-order valence-corrected chi connectivity index (χ1v) is 16.2. The number of fused-ring (bicyclic) bond motifs is 1. The third-order valence-electron chi connectivity index (χ3n) is 5.44. The molecule has 3 aromatic rings. The van der Waals surface area contributed by atoms with Crippen molar-refractivity contribution in [3.63, 3.8) is 0 Å². The van der Waals surface area contributed by atoms with Crippen LogP contribution in [0.15, 0.2) is 34.5 Å². The van der Waals surface area contributed by atoms with Gasteiger partial charge in [-0.05, 0) is 35.7 Å². The quantitative estimate of drug-likeness (QED) is 0.119. The lowest BCUT2D eigenvalue weighted by atomic mass is 10.1. The number of ether oxygens (including phenoxy) is 2. The third-order valence-corrected chi connectivity index (χ3v) is 9.90. The molecule has 1 aromatic heterocycles. The summed E-state index contributed by atoms with van der Waals surface area (Å²) >= 11 is 0.881. The molecule has 0 saturated heterocycles. The highest BCUT2D eigenvalue weighted by molar-refractivity contribution is 7.92. The second-order valence-electron chi connectivity index (χ2n) is 8.56. The van der Waals surface area contributed by atoms with Gasteiger partial charge in [-0.1, -0.05) is 13.0 Å². The van der Waals surface area contributed by atoms with Gasteiger partial charge in [0.15, 0.2) is 11.5 Å². The van der Waals surface area contributed by atoms with Gasteiger partial charge in [0, 0.05) is 29.2 Å². The molecule has 0 radical (unpaired) electrons. The summed E-state index contributed by atoms with van der Waals surface area (Å²) in [5.74, 6) is -5.19. The summed E-state index contributed by atoms with van der Waals surface area (Å²) in [6.45, 7) is 2.59. The number of carboxylic acids is 1. The number of hydrogen-bond donors (Lipinski definition) is 6. The van der Waals surface area contributed by atoms with Crippen LogP contribution in [0, 0.1) is 17.1 Å².